The lowest BCUT2D eigenvalue weighted by atomic mass is 9.90. The van der Waals surface area contributed by atoms with Gasteiger partial charge in [-0.25, -0.2) is 4.79 Å². The van der Waals surface area contributed by atoms with Gasteiger partial charge in [0.05, 0.1) is 5.56 Å². The number of amides is 1. The molecule has 0 atom stereocenters. The van der Waals surface area contributed by atoms with Crippen LogP contribution in [0.1, 0.15) is 28.8 Å². The number of carboxylic acid groups (broad SMARTS) is 1. The highest BCUT2D eigenvalue weighted by Gasteiger charge is 2.36. The molecule has 1 aliphatic rings. The summed E-state index contributed by atoms with van der Waals surface area (Å²) in [6, 6.07) is 4.60. The second kappa shape index (κ2) is 5.60. The van der Waals surface area contributed by atoms with E-state index >= 15 is 0 Å². The van der Waals surface area contributed by atoms with Gasteiger partial charge < -0.3 is 20.9 Å². The molecule has 0 spiro atoms. The first-order valence-electron chi connectivity index (χ1n) is 6.44. The quantitative estimate of drug-likeness (QED) is 0.769. The molecule has 0 aromatic heterocycles. The van der Waals surface area contributed by atoms with Gasteiger partial charge in [0.1, 0.15) is 5.54 Å². The molecule has 20 heavy (non-hydrogen) atoms. The maximum absolute atomic E-state index is 12.3. The fourth-order valence-electron chi connectivity index (χ4n) is 2.10. The van der Waals surface area contributed by atoms with E-state index < -0.39 is 11.5 Å². The summed E-state index contributed by atoms with van der Waals surface area (Å²) in [6.45, 7) is 2.71. The standard InChI is InChI=1S/C14H18N2O4/c1-9-2-3-10(12(17)18)8-11(9)16-13(19)14(15)4-6-20-7-5-14/h2-3,8H,4-7,15H2,1H3,(H,16,19)(H,17,18). The van der Waals surface area contributed by atoms with Crippen molar-refractivity contribution in [1.29, 1.82) is 0 Å². The number of aryl methyl sites for hydroxylation is 1. The Morgan fingerprint density at radius 2 is 2.00 bits per heavy atom. The minimum Gasteiger partial charge on any atom is -0.478 e. The van der Waals surface area contributed by atoms with Crippen LogP contribution in [0.3, 0.4) is 0 Å². The van der Waals surface area contributed by atoms with E-state index in [0.29, 0.717) is 31.7 Å². The topological polar surface area (TPSA) is 102 Å². The van der Waals surface area contributed by atoms with E-state index in [4.69, 9.17) is 15.6 Å². The van der Waals surface area contributed by atoms with Gasteiger partial charge in [0.2, 0.25) is 5.91 Å². The fraction of sp³-hybridized carbons (Fsp3) is 0.429. The third-order valence-electron chi connectivity index (χ3n) is 3.57. The highest BCUT2D eigenvalue weighted by atomic mass is 16.5. The second-order valence-electron chi connectivity index (χ2n) is 5.06. The lowest BCUT2D eigenvalue weighted by molar-refractivity contribution is -0.124. The van der Waals surface area contributed by atoms with E-state index in [1.807, 2.05) is 0 Å². The molecule has 1 fully saturated rings. The van der Waals surface area contributed by atoms with E-state index in [1.165, 1.54) is 12.1 Å². The Hall–Kier alpha value is -1.92. The summed E-state index contributed by atoms with van der Waals surface area (Å²) in [5, 5.41) is 11.7. The third kappa shape index (κ3) is 2.97. The van der Waals surface area contributed by atoms with E-state index in [1.54, 1.807) is 13.0 Å². The lowest BCUT2D eigenvalue weighted by Crippen LogP contribution is -2.54. The van der Waals surface area contributed by atoms with Crippen LogP contribution in [0.25, 0.3) is 0 Å². The Kier molecular flexibility index (Phi) is 4.06. The van der Waals surface area contributed by atoms with Crippen LogP contribution in [0, 0.1) is 6.92 Å². The van der Waals surface area contributed by atoms with Gasteiger partial charge in [0, 0.05) is 18.9 Å². The Bertz CT molecular complexity index is 536. The van der Waals surface area contributed by atoms with Crippen molar-refractivity contribution in [2.45, 2.75) is 25.3 Å². The van der Waals surface area contributed by atoms with Crippen LogP contribution in [0.5, 0.6) is 0 Å². The number of nitrogens with two attached hydrogens (primary N) is 1. The molecule has 0 unspecified atom stereocenters. The van der Waals surface area contributed by atoms with E-state index in [9.17, 15) is 9.59 Å². The molecule has 2 rings (SSSR count). The Labute approximate surface area is 116 Å². The van der Waals surface area contributed by atoms with Crippen LogP contribution in [0.15, 0.2) is 18.2 Å². The Balaban J connectivity index is 2.18. The van der Waals surface area contributed by atoms with E-state index in [2.05, 4.69) is 5.32 Å². The van der Waals surface area contributed by atoms with Crippen LogP contribution < -0.4 is 11.1 Å². The van der Waals surface area contributed by atoms with Gasteiger partial charge in [-0.3, -0.25) is 4.79 Å². The van der Waals surface area contributed by atoms with Gasteiger partial charge in [-0.2, -0.15) is 0 Å². The molecule has 6 heteroatoms. The summed E-state index contributed by atoms with van der Waals surface area (Å²) in [4.78, 5) is 23.2. The average Bonchev–Trinajstić information content (AvgIpc) is 2.41. The molecule has 1 saturated heterocycles. The summed E-state index contributed by atoms with van der Waals surface area (Å²) in [5.74, 6) is -1.33. The number of carbonyl (C=O) groups is 2. The molecular weight excluding hydrogens is 260 g/mol. The molecule has 1 heterocycles. The molecule has 1 aromatic rings. The Morgan fingerprint density at radius 3 is 2.60 bits per heavy atom. The fourth-order valence-corrected chi connectivity index (χ4v) is 2.10. The first-order chi connectivity index (χ1) is 9.42. The minimum atomic E-state index is -1.03. The molecule has 0 radical (unpaired) electrons. The van der Waals surface area contributed by atoms with Gasteiger partial charge in [-0.1, -0.05) is 6.07 Å². The van der Waals surface area contributed by atoms with Crippen LogP contribution in [-0.2, 0) is 9.53 Å². The van der Waals surface area contributed by atoms with Crippen LogP contribution >= 0.6 is 0 Å². The molecule has 0 bridgehead atoms. The van der Waals surface area contributed by atoms with Crippen LogP contribution in [0.2, 0.25) is 0 Å². The smallest absolute Gasteiger partial charge is 0.335 e. The number of anilines is 1. The number of hydrogen-bond donors (Lipinski definition) is 3. The molecule has 1 aliphatic heterocycles. The number of nitrogens with one attached hydrogen (secondary N) is 1. The van der Waals surface area contributed by atoms with Crippen molar-refractivity contribution < 1.29 is 19.4 Å². The second-order valence-corrected chi connectivity index (χ2v) is 5.06. The summed E-state index contributed by atoms with van der Waals surface area (Å²) in [7, 11) is 0. The number of rotatable bonds is 3. The van der Waals surface area contributed by atoms with Gasteiger partial charge in [-0.15, -0.1) is 0 Å². The predicted molar refractivity (Wildman–Crippen MR) is 73.7 cm³/mol. The van der Waals surface area contributed by atoms with E-state index in [0.717, 1.165) is 5.56 Å². The van der Waals surface area contributed by atoms with Crippen LogP contribution in [-0.4, -0.2) is 35.7 Å². The monoisotopic (exact) mass is 278 g/mol. The van der Waals surface area contributed by atoms with E-state index in [-0.39, 0.29) is 11.5 Å². The highest BCUT2D eigenvalue weighted by Crippen LogP contribution is 2.22. The lowest BCUT2D eigenvalue weighted by Gasteiger charge is -2.32. The SMILES string of the molecule is Cc1ccc(C(=O)O)cc1NC(=O)C1(N)CCOCC1. The van der Waals surface area contributed by atoms with Gasteiger partial charge >= 0.3 is 5.97 Å². The maximum Gasteiger partial charge on any atom is 0.335 e. The number of benzene rings is 1. The van der Waals surface area contributed by atoms with Crippen molar-refractivity contribution >= 4 is 17.6 Å². The molecule has 6 nitrogen and oxygen atoms in total. The zero-order valence-corrected chi connectivity index (χ0v) is 11.3. The molecule has 4 N–H and O–H groups in total. The summed E-state index contributed by atoms with van der Waals surface area (Å²) >= 11 is 0. The largest absolute Gasteiger partial charge is 0.478 e. The first-order valence-corrected chi connectivity index (χ1v) is 6.44. The number of ether oxygens (including phenoxy) is 1. The summed E-state index contributed by atoms with van der Waals surface area (Å²) in [6.07, 6.45) is 0.910. The normalized spacial score (nSPS) is 17.5. The summed E-state index contributed by atoms with van der Waals surface area (Å²) in [5.41, 5.74) is 6.53. The molecule has 0 aliphatic carbocycles. The maximum atomic E-state index is 12.3. The number of carboxylic acids is 1. The van der Waals surface area contributed by atoms with Crippen molar-refractivity contribution in [2.24, 2.45) is 5.73 Å². The molecule has 1 amide bonds. The molecular formula is C14H18N2O4. The zero-order valence-electron chi connectivity index (χ0n) is 11.3. The predicted octanol–water partition coefficient (Wildman–Crippen LogP) is 1.14. The molecule has 1 aromatic carbocycles. The number of aromatic carboxylic acids is 1. The van der Waals surface area contributed by atoms with Crippen molar-refractivity contribution in [3.8, 4) is 0 Å². The third-order valence-corrected chi connectivity index (χ3v) is 3.57. The van der Waals surface area contributed by atoms with Gasteiger partial charge in [-0.05, 0) is 37.5 Å². The zero-order chi connectivity index (χ0) is 14.8. The highest BCUT2D eigenvalue weighted by molar-refractivity contribution is 5.99. The minimum absolute atomic E-state index is 0.129. The molecule has 108 valence electrons. The molecule has 0 saturated carbocycles. The first kappa shape index (κ1) is 14.5. The van der Waals surface area contributed by atoms with Gasteiger partial charge in [0.25, 0.3) is 0 Å². The number of carbonyl (C=O) groups excluding carboxylic acids is 1. The van der Waals surface area contributed by atoms with Crippen molar-refractivity contribution in [1.82, 2.24) is 0 Å². The van der Waals surface area contributed by atoms with Crippen molar-refractivity contribution in [3.05, 3.63) is 29.3 Å². The number of hydrogen-bond acceptors (Lipinski definition) is 4. The Morgan fingerprint density at radius 1 is 1.35 bits per heavy atom. The summed E-state index contributed by atoms with van der Waals surface area (Å²) < 4.78 is 5.20. The van der Waals surface area contributed by atoms with Gasteiger partial charge in [0.15, 0.2) is 0 Å². The van der Waals surface area contributed by atoms with Crippen LogP contribution in [0.4, 0.5) is 5.69 Å². The van der Waals surface area contributed by atoms with Crippen molar-refractivity contribution in [3.63, 3.8) is 0 Å². The average molecular weight is 278 g/mol. The van der Waals surface area contributed by atoms with Crippen molar-refractivity contribution in [2.75, 3.05) is 18.5 Å².